The molecule has 144 valence electrons. The highest BCUT2D eigenvalue weighted by Gasteiger charge is 2.43. The van der Waals surface area contributed by atoms with Gasteiger partial charge in [-0.25, -0.2) is 0 Å². The average Bonchev–Trinajstić information content (AvgIpc) is 3.28. The van der Waals surface area contributed by atoms with Gasteiger partial charge >= 0.3 is 0 Å². The number of benzene rings is 4. The van der Waals surface area contributed by atoms with Gasteiger partial charge in [-0.3, -0.25) is 0 Å². The minimum absolute atomic E-state index is 0.0576. The summed E-state index contributed by atoms with van der Waals surface area (Å²) in [5.74, 6) is 0.941. The van der Waals surface area contributed by atoms with Crippen LogP contribution in [0.15, 0.2) is 77.7 Å². The summed E-state index contributed by atoms with van der Waals surface area (Å²) < 4.78 is 12.3. The Morgan fingerprint density at radius 1 is 0.862 bits per heavy atom. The Morgan fingerprint density at radius 2 is 1.62 bits per heavy atom. The highest BCUT2D eigenvalue weighted by molar-refractivity contribution is 7.98. The maximum absolute atomic E-state index is 6.21. The quantitative estimate of drug-likeness (QED) is 0.284. The van der Waals surface area contributed by atoms with E-state index in [9.17, 15) is 0 Å². The summed E-state index contributed by atoms with van der Waals surface area (Å²) in [4.78, 5) is 1.30. The third-order valence-electron chi connectivity index (χ3n) is 6.11. The molecule has 0 spiro atoms. The van der Waals surface area contributed by atoms with Crippen molar-refractivity contribution in [1.29, 1.82) is 0 Å². The lowest BCUT2D eigenvalue weighted by molar-refractivity contribution is -0.0531. The van der Waals surface area contributed by atoms with Crippen molar-refractivity contribution in [3.05, 3.63) is 89.5 Å². The van der Waals surface area contributed by atoms with E-state index in [0.717, 1.165) is 12.2 Å². The zero-order chi connectivity index (χ0) is 19.4. The molecule has 0 saturated carbocycles. The topological polar surface area (TPSA) is 18.5 Å². The van der Waals surface area contributed by atoms with E-state index in [4.69, 9.17) is 9.47 Å². The van der Waals surface area contributed by atoms with Crippen LogP contribution in [0.2, 0.25) is 0 Å². The zero-order valence-corrected chi connectivity index (χ0v) is 17.1. The predicted molar refractivity (Wildman–Crippen MR) is 119 cm³/mol. The molecule has 1 saturated heterocycles. The number of hydrogen-bond acceptors (Lipinski definition) is 3. The number of hydrogen-bond donors (Lipinski definition) is 0. The van der Waals surface area contributed by atoms with Crippen molar-refractivity contribution in [1.82, 2.24) is 0 Å². The summed E-state index contributed by atoms with van der Waals surface area (Å²) in [5, 5.41) is 5.25. The number of thioether (sulfide) groups is 1. The van der Waals surface area contributed by atoms with Crippen LogP contribution in [0.3, 0.4) is 0 Å². The first kappa shape index (κ1) is 17.5. The van der Waals surface area contributed by atoms with E-state index in [1.165, 1.54) is 43.1 Å². The van der Waals surface area contributed by atoms with Crippen LogP contribution < -0.4 is 0 Å². The van der Waals surface area contributed by atoms with Gasteiger partial charge in [0.2, 0.25) is 0 Å². The second-order valence-electron chi connectivity index (χ2n) is 7.95. The molecule has 0 amide bonds. The van der Waals surface area contributed by atoms with Crippen molar-refractivity contribution in [2.24, 2.45) is 0 Å². The van der Waals surface area contributed by atoms with E-state index < -0.39 is 0 Å². The lowest BCUT2D eigenvalue weighted by Gasteiger charge is -2.17. The van der Waals surface area contributed by atoms with Gasteiger partial charge in [-0.1, -0.05) is 42.5 Å². The van der Waals surface area contributed by atoms with Crippen LogP contribution in [-0.2, 0) is 21.6 Å². The van der Waals surface area contributed by atoms with E-state index >= 15 is 0 Å². The highest BCUT2D eigenvalue weighted by atomic mass is 32.2. The third-order valence-corrected chi connectivity index (χ3v) is 7.17. The van der Waals surface area contributed by atoms with Crippen LogP contribution >= 0.6 is 11.8 Å². The zero-order valence-electron chi connectivity index (χ0n) is 16.3. The fraction of sp³-hybridized carbons (Fsp3) is 0.231. The van der Waals surface area contributed by atoms with Crippen LogP contribution in [0.1, 0.15) is 29.7 Å². The van der Waals surface area contributed by atoms with Gasteiger partial charge in [0.25, 0.3) is 0 Å². The molecule has 3 atom stereocenters. The van der Waals surface area contributed by atoms with Crippen molar-refractivity contribution in [2.75, 3.05) is 0 Å². The van der Waals surface area contributed by atoms with Gasteiger partial charge < -0.3 is 9.47 Å². The van der Waals surface area contributed by atoms with Crippen LogP contribution in [0.4, 0.5) is 0 Å². The molecule has 2 aliphatic rings. The summed E-state index contributed by atoms with van der Waals surface area (Å²) in [6.07, 6.45) is 1.00. The number of fused-ring (bicyclic) bond motifs is 6. The first-order chi connectivity index (χ1) is 14.3. The maximum Gasteiger partial charge on any atom is 0.156 e. The summed E-state index contributed by atoms with van der Waals surface area (Å²) >= 11 is 1.89. The summed E-state index contributed by atoms with van der Waals surface area (Å²) in [6.45, 7) is 2.00. The van der Waals surface area contributed by atoms with Gasteiger partial charge in [-0.15, -0.1) is 11.8 Å². The lowest BCUT2D eigenvalue weighted by atomic mass is 9.93. The minimum Gasteiger partial charge on any atom is -0.346 e. The van der Waals surface area contributed by atoms with Crippen LogP contribution in [0.25, 0.3) is 21.5 Å². The smallest absolute Gasteiger partial charge is 0.156 e. The Kier molecular flexibility index (Phi) is 4.15. The molecule has 0 N–H and O–H groups in total. The van der Waals surface area contributed by atoms with Gasteiger partial charge in [0.15, 0.2) is 6.29 Å². The standard InChI is InChI=1S/C26H22O2S/c1-16-27-24-14-23-22-13-18-8-6-5-7-17(18)11-19(22)12-20(25(23)26(24)28-16)15-29-21-9-3-2-4-10-21/h2-13,16,24,26H,14-15H2,1H3. The van der Waals surface area contributed by atoms with Gasteiger partial charge in [0.1, 0.15) is 6.10 Å². The maximum atomic E-state index is 6.21. The molecular weight excluding hydrogens is 376 g/mol. The van der Waals surface area contributed by atoms with Crippen molar-refractivity contribution in [2.45, 2.75) is 42.5 Å². The monoisotopic (exact) mass is 398 g/mol. The van der Waals surface area contributed by atoms with Gasteiger partial charge in [-0.2, -0.15) is 0 Å². The Bertz CT molecular complexity index is 1220. The lowest BCUT2D eigenvalue weighted by Crippen LogP contribution is -2.10. The molecule has 0 bridgehead atoms. The summed E-state index contributed by atoms with van der Waals surface area (Å²) in [7, 11) is 0. The molecule has 6 rings (SSSR count). The van der Waals surface area contributed by atoms with Crippen LogP contribution in [0.5, 0.6) is 0 Å². The van der Waals surface area contributed by atoms with Crippen molar-refractivity contribution in [3.8, 4) is 0 Å². The first-order valence-corrected chi connectivity index (χ1v) is 11.2. The second-order valence-corrected chi connectivity index (χ2v) is 9.00. The highest BCUT2D eigenvalue weighted by Crippen LogP contribution is 2.47. The van der Waals surface area contributed by atoms with Crippen molar-refractivity contribution >= 4 is 33.3 Å². The first-order valence-electron chi connectivity index (χ1n) is 10.2. The minimum atomic E-state index is -0.125. The Hall–Kier alpha value is -2.33. The molecule has 1 aliphatic heterocycles. The number of ether oxygens (including phenoxy) is 2. The largest absolute Gasteiger partial charge is 0.346 e. The van der Waals surface area contributed by atoms with Crippen molar-refractivity contribution in [3.63, 3.8) is 0 Å². The Labute approximate surface area is 174 Å². The van der Waals surface area contributed by atoms with E-state index in [-0.39, 0.29) is 18.5 Å². The molecule has 2 nitrogen and oxygen atoms in total. The molecule has 4 aromatic carbocycles. The third kappa shape index (κ3) is 2.96. The van der Waals surface area contributed by atoms with Gasteiger partial charge in [0.05, 0.1) is 6.10 Å². The van der Waals surface area contributed by atoms with Crippen molar-refractivity contribution < 1.29 is 9.47 Å². The van der Waals surface area contributed by atoms with Gasteiger partial charge in [0, 0.05) is 17.1 Å². The Morgan fingerprint density at radius 3 is 2.45 bits per heavy atom. The molecule has 4 aromatic rings. The normalized spacial score (nSPS) is 22.9. The predicted octanol–water partition coefficient (Wildman–Crippen LogP) is 6.64. The summed E-state index contributed by atoms with van der Waals surface area (Å²) in [5.41, 5.74) is 4.16. The average molecular weight is 399 g/mol. The molecule has 1 heterocycles. The SMILES string of the molecule is CC1OC2Cc3c(c(CSc4ccccc4)cc4cc5ccccc5cc34)C2O1. The van der Waals surface area contributed by atoms with Crippen LogP contribution in [-0.4, -0.2) is 12.4 Å². The number of rotatable bonds is 3. The fourth-order valence-corrected chi connectivity index (χ4v) is 5.78. The van der Waals surface area contributed by atoms with E-state index in [2.05, 4.69) is 72.8 Å². The molecule has 3 unspecified atom stereocenters. The molecule has 0 radical (unpaired) electrons. The Balaban J connectivity index is 1.51. The molecule has 29 heavy (non-hydrogen) atoms. The molecule has 0 aromatic heterocycles. The molecular formula is C26H22O2S. The van der Waals surface area contributed by atoms with Crippen LogP contribution in [0, 0.1) is 0 Å². The molecule has 3 heteroatoms. The molecule has 1 fully saturated rings. The van der Waals surface area contributed by atoms with Gasteiger partial charge in [-0.05, 0) is 75.5 Å². The van der Waals surface area contributed by atoms with E-state index in [0.29, 0.717) is 0 Å². The fourth-order valence-electron chi connectivity index (χ4n) is 4.87. The summed E-state index contributed by atoms with van der Waals surface area (Å²) in [6, 6.07) is 26.3. The second kappa shape index (κ2) is 6.88. The van der Waals surface area contributed by atoms with E-state index in [1.807, 2.05) is 18.7 Å². The van der Waals surface area contributed by atoms with E-state index in [1.54, 1.807) is 0 Å². The molecule has 1 aliphatic carbocycles.